The Labute approximate surface area is 97.0 Å². The smallest absolute Gasteiger partial charge is 0.178 e. The number of nitrogens with zero attached hydrogens (tertiary/aromatic N) is 1. The number of nitrogen functional groups attached to an aromatic ring is 1. The summed E-state index contributed by atoms with van der Waals surface area (Å²) < 4.78 is 26.3. The highest BCUT2D eigenvalue weighted by Crippen LogP contribution is 2.18. The standard InChI is InChI=1S/C9H14F2N4S/c1-5(16-2)4-13-8-6(10)3-7(11)9(14-8)15-12/h3,5H,4,12H2,1-2H3,(H2,13,14,15). The van der Waals surface area contributed by atoms with E-state index >= 15 is 0 Å². The number of pyridine rings is 1. The normalized spacial score (nSPS) is 12.3. The van der Waals surface area contributed by atoms with E-state index in [1.807, 2.05) is 13.2 Å². The highest BCUT2D eigenvalue weighted by atomic mass is 32.2. The van der Waals surface area contributed by atoms with E-state index in [4.69, 9.17) is 5.84 Å². The van der Waals surface area contributed by atoms with E-state index in [1.165, 1.54) is 0 Å². The number of hydrogen-bond acceptors (Lipinski definition) is 5. The Morgan fingerprint density at radius 1 is 1.44 bits per heavy atom. The molecule has 1 aromatic rings. The number of halogens is 2. The van der Waals surface area contributed by atoms with E-state index in [0.29, 0.717) is 11.8 Å². The van der Waals surface area contributed by atoms with E-state index in [0.717, 1.165) is 6.07 Å². The zero-order chi connectivity index (χ0) is 12.1. The number of aromatic nitrogens is 1. The topological polar surface area (TPSA) is 63.0 Å². The summed E-state index contributed by atoms with van der Waals surface area (Å²) in [6.07, 6.45) is 1.95. The van der Waals surface area contributed by atoms with Crippen molar-refractivity contribution in [2.24, 2.45) is 5.84 Å². The number of nitrogens with one attached hydrogen (secondary N) is 2. The Kier molecular flexibility index (Phi) is 4.75. The van der Waals surface area contributed by atoms with Crippen molar-refractivity contribution in [3.05, 3.63) is 17.7 Å². The van der Waals surface area contributed by atoms with E-state index in [9.17, 15) is 8.78 Å². The van der Waals surface area contributed by atoms with Gasteiger partial charge in [-0.15, -0.1) is 0 Å². The van der Waals surface area contributed by atoms with Gasteiger partial charge >= 0.3 is 0 Å². The van der Waals surface area contributed by atoms with Gasteiger partial charge in [0.2, 0.25) is 0 Å². The molecule has 0 radical (unpaired) electrons. The van der Waals surface area contributed by atoms with Crippen LogP contribution in [0.25, 0.3) is 0 Å². The lowest BCUT2D eigenvalue weighted by atomic mass is 10.4. The van der Waals surface area contributed by atoms with Crippen molar-refractivity contribution >= 4 is 23.4 Å². The van der Waals surface area contributed by atoms with E-state index in [1.54, 1.807) is 11.8 Å². The van der Waals surface area contributed by atoms with Crippen LogP contribution in [0.15, 0.2) is 6.07 Å². The van der Waals surface area contributed by atoms with E-state index in [-0.39, 0.29) is 11.6 Å². The van der Waals surface area contributed by atoms with Crippen molar-refractivity contribution < 1.29 is 8.78 Å². The fraction of sp³-hybridized carbons (Fsp3) is 0.444. The molecule has 4 nitrogen and oxygen atoms in total. The van der Waals surface area contributed by atoms with Crippen LogP contribution in [0.2, 0.25) is 0 Å². The Morgan fingerprint density at radius 2 is 2.06 bits per heavy atom. The molecular weight excluding hydrogens is 234 g/mol. The Morgan fingerprint density at radius 3 is 2.62 bits per heavy atom. The molecule has 1 aromatic heterocycles. The van der Waals surface area contributed by atoms with Gasteiger partial charge in [-0.25, -0.2) is 19.6 Å². The van der Waals surface area contributed by atoms with Crippen molar-refractivity contribution in [3.8, 4) is 0 Å². The molecule has 0 fully saturated rings. The number of hydrazine groups is 1. The minimum Gasteiger partial charge on any atom is -0.366 e. The van der Waals surface area contributed by atoms with Crippen molar-refractivity contribution in [1.29, 1.82) is 0 Å². The average Bonchev–Trinajstić information content (AvgIpc) is 2.27. The lowest BCUT2D eigenvalue weighted by molar-refractivity contribution is 0.578. The fourth-order valence-corrected chi connectivity index (χ4v) is 1.27. The van der Waals surface area contributed by atoms with Gasteiger partial charge in [0.1, 0.15) is 0 Å². The molecule has 0 spiro atoms. The van der Waals surface area contributed by atoms with Crippen LogP contribution in [0.1, 0.15) is 6.92 Å². The molecule has 0 saturated heterocycles. The van der Waals surface area contributed by atoms with Gasteiger partial charge in [-0.3, -0.25) is 0 Å². The van der Waals surface area contributed by atoms with E-state index in [2.05, 4.69) is 15.7 Å². The van der Waals surface area contributed by atoms with E-state index < -0.39 is 11.6 Å². The number of hydrogen-bond donors (Lipinski definition) is 3. The minimum absolute atomic E-state index is 0.00440. The second-order valence-corrected chi connectivity index (χ2v) is 4.50. The van der Waals surface area contributed by atoms with Crippen LogP contribution in [0.3, 0.4) is 0 Å². The van der Waals surface area contributed by atoms with Crippen LogP contribution in [-0.2, 0) is 0 Å². The van der Waals surface area contributed by atoms with Crippen molar-refractivity contribution in [2.45, 2.75) is 12.2 Å². The quantitative estimate of drug-likeness (QED) is 0.548. The summed E-state index contributed by atoms with van der Waals surface area (Å²) in [6.45, 7) is 2.53. The fourth-order valence-electron chi connectivity index (χ4n) is 1.02. The van der Waals surface area contributed by atoms with Gasteiger partial charge in [-0.05, 0) is 6.26 Å². The zero-order valence-electron chi connectivity index (χ0n) is 9.05. The number of anilines is 2. The second kappa shape index (κ2) is 5.86. The first-order valence-electron chi connectivity index (χ1n) is 4.67. The van der Waals surface area contributed by atoms with Crippen molar-refractivity contribution in [3.63, 3.8) is 0 Å². The summed E-state index contributed by atoms with van der Waals surface area (Å²) in [4.78, 5) is 3.69. The maximum atomic E-state index is 13.3. The summed E-state index contributed by atoms with van der Waals surface area (Å²) in [5.74, 6) is 3.31. The third kappa shape index (κ3) is 3.21. The largest absolute Gasteiger partial charge is 0.366 e. The lowest BCUT2D eigenvalue weighted by Crippen LogP contribution is -2.17. The molecule has 0 amide bonds. The van der Waals surface area contributed by atoms with Crippen LogP contribution in [0, 0.1) is 11.6 Å². The first-order valence-corrected chi connectivity index (χ1v) is 5.96. The zero-order valence-corrected chi connectivity index (χ0v) is 9.87. The van der Waals surface area contributed by atoms with Gasteiger partial charge in [0.05, 0.1) is 0 Å². The van der Waals surface area contributed by atoms with Crippen LogP contribution in [0.5, 0.6) is 0 Å². The first-order chi connectivity index (χ1) is 7.58. The molecule has 0 aliphatic carbocycles. The average molecular weight is 248 g/mol. The van der Waals surface area contributed by atoms with Crippen LogP contribution >= 0.6 is 11.8 Å². The molecule has 7 heteroatoms. The monoisotopic (exact) mass is 248 g/mol. The summed E-state index contributed by atoms with van der Waals surface area (Å²) in [5.41, 5.74) is 2.07. The highest BCUT2D eigenvalue weighted by molar-refractivity contribution is 7.99. The van der Waals surface area contributed by atoms with Crippen molar-refractivity contribution in [1.82, 2.24) is 4.98 Å². The molecule has 0 bridgehead atoms. The second-order valence-electron chi connectivity index (χ2n) is 3.22. The summed E-state index contributed by atoms with van der Waals surface area (Å²) >= 11 is 1.64. The van der Waals surface area contributed by atoms with Gasteiger partial charge in [0.25, 0.3) is 0 Å². The van der Waals surface area contributed by atoms with Gasteiger partial charge in [-0.1, -0.05) is 6.92 Å². The van der Waals surface area contributed by atoms with Gasteiger partial charge < -0.3 is 10.7 Å². The number of rotatable bonds is 5. The molecule has 90 valence electrons. The number of thioether (sulfide) groups is 1. The van der Waals surface area contributed by atoms with Crippen LogP contribution in [0.4, 0.5) is 20.4 Å². The molecule has 1 heterocycles. The Hall–Kier alpha value is -1.08. The van der Waals surface area contributed by atoms with Crippen LogP contribution in [-0.4, -0.2) is 23.0 Å². The summed E-state index contributed by atoms with van der Waals surface area (Å²) in [5, 5.41) is 3.10. The molecule has 4 N–H and O–H groups in total. The molecule has 0 aromatic carbocycles. The summed E-state index contributed by atoms with van der Waals surface area (Å²) in [6, 6.07) is 0.744. The molecule has 0 aliphatic heterocycles. The third-order valence-corrected chi connectivity index (χ3v) is 3.00. The SMILES string of the molecule is CSC(C)CNc1nc(NN)c(F)cc1F. The maximum Gasteiger partial charge on any atom is 0.178 e. The molecular formula is C9H14F2N4S. The van der Waals surface area contributed by atoms with Gasteiger partial charge in [-0.2, -0.15) is 11.8 Å². The highest BCUT2D eigenvalue weighted by Gasteiger charge is 2.11. The predicted octanol–water partition coefficient (Wildman–Crippen LogP) is 1.81. The Bertz CT molecular complexity index is 362. The lowest BCUT2D eigenvalue weighted by Gasteiger charge is -2.12. The summed E-state index contributed by atoms with van der Waals surface area (Å²) in [7, 11) is 0. The molecule has 1 unspecified atom stereocenters. The van der Waals surface area contributed by atoms with Gasteiger partial charge in [0, 0.05) is 17.9 Å². The number of nitrogens with two attached hydrogens (primary N) is 1. The third-order valence-electron chi connectivity index (χ3n) is 2.03. The molecule has 1 atom stereocenters. The predicted molar refractivity (Wildman–Crippen MR) is 63.4 cm³/mol. The Balaban J connectivity index is 2.79. The van der Waals surface area contributed by atoms with Crippen LogP contribution < -0.4 is 16.6 Å². The minimum atomic E-state index is -0.816. The molecule has 16 heavy (non-hydrogen) atoms. The maximum absolute atomic E-state index is 13.3. The van der Waals surface area contributed by atoms with Gasteiger partial charge in [0.15, 0.2) is 23.3 Å². The first kappa shape index (κ1) is 13.0. The molecule has 1 rings (SSSR count). The molecule has 0 aliphatic rings. The van der Waals surface area contributed by atoms with Crippen molar-refractivity contribution in [2.75, 3.05) is 23.5 Å². The molecule has 0 saturated carbocycles.